The summed E-state index contributed by atoms with van der Waals surface area (Å²) in [4.78, 5) is 9.31. The van der Waals surface area contributed by atoms with Gasteiger partial charge in [0.15, 0.2) is 0 Å². The van der Waals surface area contributed by atoms with E-state index in [-0.39, 0.29) is 5.82 Å². The van der Waals surface area contributed by atoms with Gasteiger partial charge in [0.05, 0.1) is 16.9 Å². The molecule has 2 nitrogen and oxygen atoms in total. The van der Waals surface area contributed by atoms with Gasteiger partial charge in [-0.05, 0) is 54.9 Å². The summed E-state index contributed by atoms with van der Waals surface area (Å²) >= 11 is 0. The molecule has 0 aliphatic carbocycles. The van der Waals surface area contributed by atoms with Crippen LogP contribution in [0.4, 0.5) is 4.39 Å². The third-order valence-electron chi connectivity index (χ3n) is 4.98. The Kier molecular flexibility index (Phi) is 5.04. The third kappa shape index (κ3) is 3.49. The van der Waals surface area contributed by atoms with Gasteiger partial charge in [0.1, 0.15) is 5.82 Å². The first-order valence-corrected chi connectivity index (χ1v) is 11.1. The normalized spacial score (nSPS) is 11.1. The summed E-state index contributed by atoms with van der Waals surface area (Å²) in [5.74, 6) is -0.259. The molecular weight excluding hydrogens is 390 g/mol. The lowest BCUT2D eigenvalue weighted by Crippen LogP contribution is -2.22. The van der Waals surface area contributed by atoms with E-state index in [1.165, 1.54) is 10.6 Å². The van der Waals surface area contributed by atoms with Gasteiger partial charge in [-0.15, -0.1) is 0 Å². The molecule has 3 aromatic carbocycles. The van der Waals surface area contributed by atoms with Gasteiger partial charge < -0.3 is 0 Å². The summed E-state index contributed by atoms with van der Waals surface area (Å²) in [7, 11) is -0.889. The first-order chi connectivity index (χ1) is 14.8. The zero-order chi connectivity index (χ0) is 20.3. The summed E-state index contributed by atoms with van der Waals surface area (Å²) in [6.45, 7) is 0. The molecule has 0 aliphatic heterocycles. The molecule has 0 saturated carbocycles. The molecule has 2 aromatic heterocycles. The Morgan fingerprint density at radius 2 is 1.27 bits per heavy atom. The van der Waals surface area contributed by atoms with Crippen molar-refractivity contribution in [1.29, 1.82) is 0 Å². The molecule has 0 fully saturated rings. The van der Waals surface area contributed by atoms with Crippen LogP contribution in [-0.4, -0.2) is 9.97 Å². The minimum Gasteiger partial charge on any atom is -0.255 e. The minimum absolute atomic E-state index is 0.259. The second kappa shape index (κ2) is 8.14. The van der Waals surface area contributed by atoms with Gasteiger partial charge in [-0.3, -0.25) is 4.98 Å². The lowest BCUT2D eigenvalue weighted by molar-refractivity contribution is 0.640. The summed E-state index contributed by atoms with van der Waals surface area (Å²) in [5, 5.41) is 3.98. The van der Waals surface area contributed by atoms with Crippen molar-refractivity contribution in [2.24, 2.45) is 0 Å². The first-order valence-electron chi connectivity index (χ1n) is 9.72. The number of pyridine rings is 2. The highest BCUT2D eigenvalue weighted by Gasteiger charge is 2.21. The molecule has 0 aliphatic rings. The Morgan fingerprint density at radius 1 is 0.600 bits per heavy atom. The van der Waals surface area contributed by atoms with Crippen molar-refractivity contribution in [2.75, 3.05) is 0 Å². The second-order valence-corrected chi connectivity index (χ2v) is 9.07. The molecule has 0 bridgehead atoms. The first kappa shape index (κ1) is 18.6. The van der Waals surface area contributed by atoms with Crippen LogP contribution in [0.5, 0.6) is 0 Å². The number of aromatic nitrogens is 2. The molecule has 144 valence electrons. The molecule has 0 atom stereocenters. The molecule has 0 amide bonds. The van der Waals surface area contributed by atoms with E-state index in [9.17, 15) is 4.39 Å². The molecule has 0 spiro atoms. The second-order valence-electron chi connectivity index (χ2n) is 6.88. The quantitative estimate of drug-likeness (QED) is 0.382. The fourth-order valence-corrected chi connectivity index (χ4v) is 5.99. The zero-order valence-corrected chi connectivity index (χ0v) is 17.0. The van der Waals surface area contributed by atoms with Gasteiger partial charge in [0.2, 0.25) is 0 Å². The van der Waals surface area contributed by atoms with Crippen LogP contribution in [0.1, 0.15) is 0 Å². The van der Waals surface area contributed by atoms with Crippen LogP contribution in [0.25, 0.3) is 22.3 Å². The van der Waals surface area contributed by atoms with Crippen LogP contribution in [0.15, 0.2) is 109 Å². The maximum atomic E-state index is 14.7. The standard InChI is InChI=1S/C26H18FN2P/c27-22-15-17-25(26-21(22)14-16-24(29-26)23-13-7-8-18-28-23)30(19-9-3-1-4-10-19)20-11-5-2-6-12-20/h1-18H. The number of halogens is 1. The van der Waals surface area contributed by atoms with Crippen LogP contribution in [0.3, 0.4) is 0 Å². The smallest absolute Gasteiger partial charge is 0.132 e. The van der Waals surface area contributed by atoms with Gasteiger partial charge in [-0.2, -0.15) is 0 Å². The van der Waals surface area contributed by atoms with Crippen LogP contribution in [0, 0.1) is 5.82 Å². The van der Waals surface area contributed by atoms with E-state index in [2.05, 4.69) is 29.2 Å². The monoisotopic (exact) mass is 408 g/mol. The van der Waals surface area contributed by atoms with Crippen LogP contribution < -0.4 is 15.9 Å². The molecule has 0 unspecified atom stereocenters. The van der Waals surface area contributed by atoms with Gasteiger partial charge in [-0.1, -0.05) is 66.7 Å². The highest BCUT2D eigenvalue weighted by atomic mass is 31.1. The average Bonchev–Trinajstić information content (AvgIpc) is 2.82. The predicted octanol–water partition coefficient (Wildman–Crippen LogP) is 5.19. The third-order valence-corrected chi connectivity index (χ3v) is 7.45. The Morgan fingerprint density at radius 3 is 1.90 bits per heavy atom. The van der Waals surface area contributed by atoms with Crippen molar-refractivity contribution in [3.63, 3.8) is 0 Å². The fourth-order valence-electron chi connectivity index (χ4n) is 3.59. The summed E-state index contributed by atoms with van der Waals surface area (Å²) in [6, 6.07) is 33.6. The van der Waals surface area contributed by atoms with Gasteiger partial charge >= 0.3 is 0 Å². The van der Waals surface area contributed by atoms with Crippen molar-refractivity contribution in [2.45, 2.75) is 0 Å². The van der Waals surface area contributed by atoms with Gasteiger partial charge in [0.25, 0.3) is 0 Å². The molecule has 5 aromatic rings. The topological polar surface area (TPSA) is 25.8 Å². The van der Waals surface area contributed by atoms with Crippen molar-refractivity contribution < 1.29 is 4.39 Å². The lowest BCUT2D eigenvalue weighted by atomic mass is 10.1. The Hall–Kier alpha value is -3.42. The summed E-state index contributed by atoms with van der Waals surface area (Å²) in [6.07, 6.45) is 1.74. The van der Waals surface area contributed by atoms with Crippen LogP contribution in [0.2, 0.25) is 0 Å². The molecule has 4 heteroatoms. The number of nitrogens with zero attached hydrogens (tertiary/aromatic N) is 2. The number of rotatable bonds is 4. The Labute approximate surface area is 175 Å². The van der Waals surface area contributed by atoms with E-state index in [1.54, 1.807) is 12.3 Å². The van der Waals surface area contributed by atoms with E-state index in [0.29, 0.717) is 10.9 Å². The lowest BCUT2D eigenvalue weighted by Gasteiger charge is -2.21. The van der Waals surface area contributed by atoms with E-state index >= 15 is 0 Å². The molecule has 5 rings (SSSR count). The van der Waals surface area contributed by atoms with E-state index < -0.39 is 7.92 Å². The zero-order valence-electron chi connectivity index (χ0n) is 16.1. The maximum Gasteiger partial charge on any atom is 0.132 e. The minimum atomic E-state index is -0.889. The molecule has 0 N–H and O–H groups in total. The fraction of sp³-hybridized carbons (Fsp3) is 0. The predicted molar refractivity (Wildman–Crippen MR) is 124 cm³/mol. The average molecular weight is 408 g/mol. The van der Waals surface area contributed by atoms with Crippen molar-refractivity contribution in [3.8, 4) is 11.4 Å². The van der Waals surface area contributed by atoms with E-state index in [1.807, 2.05) is 72.8 Å². The van der Waals surface area contributed by atoms with Gasteiger partial charge in [-0.25, -0.2) is 9.37 Å². The highest BCUT2D eigenvalue weighted by Crippen LogP contribution is 2.36. The van der Waals surface area contributed by atoms with E-state index in [0.717, 1.165) is 16.7 Å². The highest BCUT2D eigenvalue weighted by molar-refractivity contribution is 7.80. The SMILES string of the molecule is Fc1ccc(P(c2ccccc2)c2ccccc2)c2nc(-c3ccccn3)ccc12. The number of fused-ring (bicyclic) bond motifs is 1. The number of hydrogen-bond donors (Lipinski definition) is 0. The molecule has 30 heavy (non-hydrogen) atoms. The Balaban J connectivity index is 1.78. The summed E-state index contributed by atoms with van der Waals surface area (Å²) in [5.41, 5.74) is 2.21. The van der Waals surface area contributed by atoms with Crippen molar-refractivity contribution in [3.05, 3.63) is 115 Å². The largest absolute Gasteiger partial charge is 0.255 e. The number of benzene rings is 3. The molecule has 0 radical (unpaired) electrons. The maximum absolute atomic E-state index is 14.7. The molecule has 0 saturated heterocycles. The van der Waals surface area contributed by atoms with Crippen molar-refractivity contribution in [1.82, 2.24) is 9.97 Å². The van der Waals surface area contributed by atoms with Crippen LogP contribution in [-0.2, 0) is 0 Å². The summed E-state index contributed by atoms with van der Waals surface area (Å²) < 4.78 is 14.7. The molecule has 2 heterocycles. The number of hydrogen-bond acceptors (Lipinski definition) is 2. The van der Waals surface area contributed by atoms with Crippen LogP contribution >= 0.6 is 7.92 Å². The van der Waals surface area contributed by atoms with E-state index in [4.69, 9.17) is 4.98 Å². The van der Waals surface area contributed by atoms with Crippen molar-refractivity contribution >= 4 is 34.7 Å². The van der Waals surface area contributed by atoms with Gasteiger partial charge in [0, 0.05) is 16.9 Å². The molecular formula is C26H18FN2P. The Bertz CT molecular complexity index is 1250.